The number of esters is 1. The van der Waals surface area contributed by atoms with Crippen molar-refractivity contribution in [3.8, 4) is 0 Å². The molecule has 0 fully saturated rings. The van der Waals surface area contributed by atoms with Gasteiger partial charge in [-0.3, -0.25) is 4.79 Å². The van der Waals surface area contributed by atoms with E-state index in [1.807, 2.05) is 0 Å². The minimum absolute atomic E-state index is 0.219. The molecule has 0 aromatic rings. The Labute approximate surface area is 70.0 Å². The maximum Gasteiger partial charge on any atom is 0.308 e. The Morgan fingerprint density at radius 1 is 1.50 bits per heavy atom. The third-order valence-electron chi connectivity index (χ3n) is 1.11. The lowest BCUT2D eigenvalue weighted by Gasteiger charge is -2.09. The molecule has 70 valence electrons. The molecular formula is C7H11O5-. The van der Waals surface area contributed by atoms with Crippen LogP contribution in [0.5, 0.6) is 0 Å². The van der Waals surface area contributed by atoms with Gasteiger partial charge in [-0.05, 0) is 6.92 Å². The first-order chi connectivity index (χ1) is 5.56. The van der Waals surface area contributed by atoms with Crippen LogP contribution in [0.2, 0.25) is 0 Å². The third kappa shape index (κ3) is 5.67. The number of hydrogen-bond donors (Lipinski definition) is 1. The molecule has 0 saturated heterocycles. The zero-order valence-electron chi connectivity index (χ0n) is 6.78. The van der Waals surface area contributed by atoms with Gasteiger partial charge in [0.25, 0.3) is 0 Å². The lowest BCUT2D eigenvalue weighted by Crippen LogP contribution is -2.28. The van der Waals surface area contributed by atoms with E-state index in [2.05, 4.69) is 4.74 Å². The zero-order chi connectivity index (χ0) is 9.56. The van der Waals surface area contributed by atoms with Crippen molar-refractivity contribution in [2.45, 2.75) is 25.9 Å². The second-order valence-corrected chi connectivity index (χ2v) is 2.24. The molecule has 0 heterocycles. The fourth-order valence-corrected chi connectivity index (χ4v) is 0.677. The van der Waals surface area contributed by atoms with Crippen molar-refractivity contribution >= 4 is 11.9 Å². The Hall–Kier alpha value is -1.10. The number of aliphatic carboxylic acids is 1. The quantitative estimate of drug-likeness (QED) is 0.510. The zero-order valence-corrected chi connectivity index (χ0v) is 6.78. The van der Waals surface area contributed by atoms with E-state index >= 15 is 0 Å². The Balaban J connectivity index is 3.61. The maximum atomic E-state index is 10.6. The van der Waals surface area contributed by atoms with Gasteiger partial charge in [0.05, 0.1) is 19.1 Å². The second kappa shape index (κ2) is 5.54. The Bertz CT molecular complexity index is 165. The van der Waals surface area contributed by atoms with Crippen LogP contribution in [0.3, 0.4) is 0 Å². The summed E-state index contributed by atoms with van der Waals surface area (Å²) in [6.45, 7) is 1.85. The number of carboxylic acid groups (broad SMARTS) is 1. The minimum atomic E-state index is -1.38. The summed E-state index contributed by atoms with van der Waals surface area (Å²) < 4.78 is 4.48. The monoisotopic (exact) mass is 175 g/mol. The van der Waals surface area contributed by atoms with E-state index in [-0.39, 0.29) is 13.0 Å². The van der Waals surface area contributed by atoms with Crippen molar-refractivity contribution in [2.75, 3.05) is 6.61 Å². The van der Waals surface area contributed by atoms with Crippen molar-refractivity contribution in [3.63, 3.8) is 0 Å². The predicted octanol–water partition coefficient (Wildman–Crippen LogP) is -1.56. The van der Waals surface area contributed by atoms with E-state index in [0.717, 1.165) is 0 Å². The first-order valence-electron chi connectivity index (χ1n) is 3.59. The van der Waals surface area contributed by atoms with E-state index in [0.29, 0.717) is 0 Å². The molecule has 5 nitrogen and oxygen atoms in total. The molecule has 1 unspecified atom stereocenters. The van der Waals surface area contributed by atoms with Crippen molar-refractivity contribution in [1.82, 2.24) is 0 Å². The van der Waals surface area contributed by atoms with Crippen LogP contribution in [-0.2, 0) is 14.3 Å². The van der Waals surface area contributed by atoms with Gasteiger partial charge < -0.3 is 19.7 Å². The number of carboxylic acids is 1. The second-order valence-electron chi connectivity index (χ2n) is 2.24. The largest absolute Gasteiger partial charge is 0.550 e. The number of carbonyl (C=O) groups excluding carboxylic acids is 2. The summed E-state index contributed by atoms with van der Waals surface area (Å²) in [6.07, 6.45) is -2.06. The number of hydrogen-bond acceptors (Lipinski definition) is 5. The van der Waals surface area contributed by atoms with Crippen LogP contribution >= 0.6 is 0 Å². The first kappa shape index (κ1) is 10.9. The van der Waals surface area contributed by atoms with Crippen LogP contribution in [0.4, 0.5) is 0 Å². The van der Waals surface area contributed by atoms with E-state index in [1.165, 1.54) is 0 Å². The average Bonchev–Trinajstić information content (AvgIpc) is 1.84. The lowest BCUT2D eigenvalue weighted by molar-refractivity contribution is -0.307. The van der Waals surface area contributed by atoms with Gasteiger partial charge in [0.2, 0.25) is 0 Å². The van der Waals surface area contributed by atoms with Gasteiger partial charge >= 0.3 is 5.97 Å². The highest BCUT2D eigenvalue weighted by atomic mass is 16.5. The summed E-state index contributed by atoms with van der Waals surface area (Å²) in [6, 6.07) is 0. The molecule has 1 N–H and O–H groups in total. The average molecular weight is 175 g/mol. The van der Waals surface area contributed by atoms with Gasteiger partial charge in [-0.2, -0.15) is 0 Å². The molecule has 0 amide bonds. The molecule has 0 aromatic carbocycles. The van der Waals surface area contributed by atoms with Crippen molar-refractivity contribution < 1.29 is 24.5 Å². The van der Waals surface area contributed by atoms with Gasteiger partial charge in [0.15, 0.2) is 0 Å². The summed E-state index contributed by atoms with van der Waals surface area (Å²) >= 11 is 0. The molecule has 0 aliphatic carbocycles. The van der Waals surface area contributed by atoms with Crippen molar-refractivity contribution in [3.05, 3.63) is 0 Å². The van der Waals surface area contributed by atoms with Crippen LogP contribution < -0.4 is 5.11 Å². The molecule has 0 aliphatic rings. The van der Waals surface area contributed by atoms with Crippen molar-refractivity contribution in [1.29, 1.82) is 0 Å². The van der Waals surface area contributed by atoms with Crippen LogP contribution in [0.15, 0.2) is 0 Å². The summed E-state index contributed by atoms with van der Waals surface area (Å²) in [4.78, 5) is 20.6. The number of rotatable bonds is 5. The molecule has 5 heteroatoms. The highest BCUT2D eigenvalue weighted by Gasteiger charge is 2.11. The highest BCUT2D eigenvalue weighted by molar-refractivity contribution is 5.71. The first-order valence-corrected chi connectivity index (χ1v) is 3.59. The Morgan fingerprint density at radius 2 is 2.08 bits per heavy atom. The van der Waals surface area contributed by atoms with Gasteiger partial charge in [0.1, 0.15) is 0 Å². The summed E-state index contributed by atoms with van der Waals surface area (Å²) in [5.41, 5.74) is 0. The fourth-order valence-electron chi connectivity index (χ4n) is 0.677. The Kier molecular flexibility index (Phi) is 5.03. The lowest BCUT2D eigenvalue weighted by atomic mass is 10.2. The fraction of sp³-hybridized carbons (Fsp3) is 0.714. The van der Waals surface area contributed by atoms with Gasteiger partial charge in [-0.25, -0.2) is 0 Å². The van der Waals surface area contributed by atoms with Crippen LogP contribution in [0.1, 0.15) is 19.8 Å². The summed E-state index contributed by atoms with van der Waals surface area (Å²) in [5, 5.41) is 18.8. The molecule has 0 aromatic heterocycles. The molecule has 0 bridgehead atoms. The molecular weight excluding hydrogens is 164 g/mol. The number of aliphatic hydroxyl groups is 1. The minimum Gasteiger partial charge on any atom is -0.550 e. The van der Waals surface area contributed by atoms with Crippen LogP contribution in [-0.4, -0.2) is 29.8 Å². The van der Waals surface area contributed by atoms with Gasteiger partial charge in [-0.15, -0.1) is 0 Å². The maximum absolute atomic E-state index is 10.6. The molecule has 0 radical (unpaired) electrons. The normalized spacial score (nSPS) is 12.2. The summed E-state index contributed by atoms with van der Waals surface area (Å²) in [7, 11) is 0. The number of carbonyl (C=O) groups is 2. The molecule has 0 saturated carbocycles. The molecule has 0 rings (SSSR count). The SMILES string of the molecule is CCOC(=O)CC(O)CC(=O)[O-]. The van der Waals surface area contributed by atoms with Crippen LogP contribution in [0.25, 0.3) is 0 Å². The number of ether oxygens (including phenoxy) is 1. The predicted molar refractivity (Wildman–Crippen MR) is 36.9 cm³/mol. The van der Waals surface area contributed by atoms with Gasteiger partial charge in [0, 0.05) is 12.4 Å². The van der Waals surface area contributed by atoms with E-state index in [9.17, 15) is 14.7 Å². The summed E-state index contributed by atoms with van der Waals surface area (Å²) in [5.74, 6) is -1.99. The number of aliphatic hydroxyl groups excluding tert-OH is 1. The van der Waals surface area contributed by atoms with E-state index < -0.39 is 24.5 Å². The van der Waals surface area contributed by atoms with E-state index in [1.54, 1.807) is 6.92 Å². The van der Waals surface area contributed by atoms with Gasteiger partial charge in [-0.1, -0.05) is 0 Å². The molecule has 12 heavy (non-hydrogen) atoms. The molecule has 0 spiro atoms. The van der Waals surface area contributed by atoms with Crippen molar-refractivity contribution in [2.24, 2.45) is 0 Å². The van der Waals surface area contributed by atoms with E-state index in [4.69, 9.17) is 5.11 Å². The third-order valence-corrected chi connectivity index (χ3v) is 1.11. The molecule has 0 aliphatic heterocycles. The Morgan fingerprint density at radius 3 is 2.50 bits per heavy atom. The molecule has 1 atom stereocenters. The standard InChI is InChI=1S/C7H12O5/c1-2-12-7(11)4-5(8)3-6(9)10/h5,8H,2-4H2,1H3,(H,9,10)/p-1. The smallest absolute Gasteiger partial charge is 0.308 e. The van der Waals surface area contributed by atoms with Crippen LogP contribution in [0, 0.1) is 0 Å². The highest BCUT2D eigenvalue weighted by Crippen LogP contribution is 1.98. The topological polar surface area (TPSA) is 86.7 Å².